The maximum atomic E-state index is 13.5. The topological polar surface area (TPSA) is 58.6 Å². The maximum Gasteiger partial charge on any atom is 0.325 e. The van der Waals surface area contributed by atoms with E-state index >= 15 is 0 Å². The molecule has 1 aliphatic rings. The number of nitrogens with zero attached hydrogens (tertiary/aromatic N) is 1. The van der Waals surface area contributed by atoms with Gasteiger partial charge in [-0.15, -0.1) is 0 Å². The van der Waals surface area contributed by atoms with Crippen molar-refractivity contribution >= 4 is 11.9 Å². The van der Waals surface area contributed by atoms with Crippen LogP contribution in [-0.2, 0) is 10.3 Å². The van der Waals surface area contributed by atoms with Crippen molar-refractivity contribution in [3.8, 4) is 5.75 Å². The molecule has 3 aromatic carbocycles. The minimum absolute atomic E-state index is 0.168. The number of ether oxygens (including phenoxy) is 1. The summed E-state index contributed by atoms with van der Waals surface area (Å²) in [7, 11) is 0. The zero-order chi connectivity index (χ0) is 19.4. The first kappa shape index (κ1) is 17.8. The predicted octanol–water partition coefficient (Wildman–Crippen LogP) is 3.56. The Hall–Kier alpha value is -3.60. The van der Waals surface area contributed by atoms with Gasteiger partial charge in [0.1, 0.15) is 12.4 Å². The second-order valence-corrected chi connectivity index (χ2v) is 6.53. The van der Waals surface area contributed by atoms with E-state index in [4.69, 9.17) is 4.74 Å². The lowest BCUT2D eigenvalue weighted by molar-refractivity contribution is -0.130. The minimum Gasteiger partial charge on any atom is -0.492 e. The molecule has 4 rings (SSSR count). The van der Waals surface area contributed by atoms with Crippen LogP contribution in [0.25, 0.3) is 0 Å². The van der Waals surface area contributed by atoms with Gasteiger partial charge in [-0.05, 0) is 23.3 Å². The summed E-state index contributed by atoms with van der Waals surface area (Å²) in [6, 6.07) is 27.5. The van der Waals surface area contributed by atoms with Crippen molar-refractivity contribution in [1.29, 1.82) is 0 Å². The van der Waals surface area contributed by atoms with Crippen molar-refractivity contribution in [3.63, 3.8) is 0 Å². The summed E-state index contributed by atoms with van der Waals surface area (Å²) >= 11 is 0. The predicted molar refractivity (Wildman–Crippen MR) is 106 cm³/mol. The van der Waals surface area contributed by atoms with Crippen LogP contribution in [0, 0.1) is 0 Å². The number of benzene rings is 3. The van der Waals surface area contributed by atoms with Crippen LogP contribution in [0.4, 0.5) is 4.79 Å². The highest BCUT2D eigenvalue weighted by Crippen LogP contribution is 2.35. The van der Waals surface area contributed by atoms with Crippen LogP contribution >= 0.6 is 0 Å². The molecule has 3 aromatic rings. The normalized spacial score (nSPS) is 15.4. The average Bonchev–Trinajstić information content (AvgIpc) is 3.01. The molecular formula is C23H20N2O3. The van der Waals surface area contributed by atoms with E-state index < -0.39 is 11.6 Å². The fourth-order valence-electron chi connectivity index (χ4n) is 3.48. The summed E-state index contributed by atoms with van der Waals surface area (Å²) in [5, 5.41) is 2.93. The summed E-state index contributed by atoms with van der Waals surface area (Å²) in [5.74, 6) is 0.401. The highest BCUT2D eigenvalue weighted by molar-refractivity contribution is 6.09. The molecule has 1 saturated heterocycles. The van der Waals surface area contributed by atoms with Gasteiger partial charge in [-0.3, -0.25) is 9.69 Å². The maximum absolute atomic E-state index is 13.5. The minimum atomic E-state index is -1.23. The standard InChI is InChI=1S/C23H20N2O3/c26-21-23(18-10-4-1-5-11-18,19-12-6-2-7-13-19)24-22(27)25(21)16-17-28-20-14-8-3-9-15-20/h1-15H,16-17H2,(H,24,27). The summed E-state index contributed by atoms with van der Waals surface area (Å²) in [6.07, 6.45) is 0. The third kappa shape index (κ3) is 3.11. The fourth-order valence-corrected chi connectivity index (χ4v) is 3.48. The molecule has 28 heavy (non-hydrogen) atoms. The molecule has 0 aromatic heterocycles. The van der Waals surface area contributed by atoms with Crippen molar-refractivity contribution in [2.45, 2.75) is 5.54 Å². The summed E-state index contributed by atoms with van der Waals surface area (Å²) < 4.78 is 5.67. The van der Waals surface area contributed by atoms with Gasteiger partial charge in [-0.25, -0.2) is 4.79 Å². The Morgan fingerprint density at radius 2 is 1.25 bits per heavy atom. The van der Waals surface area contributed by atoms with E-state index in [0.717, 1.165) is 11.1 Å². The number of nitrogens with one attached hydrogen (secondary N) is 1. The molecule has 1 N–H and O–H groups in total. The summed E-state index contributed by atoms with van der Waals surface area (Å²) in [5.41, 5.74) is 0.226. The highest BCUT2D eigenvalue weighted by atomic mass is 16.5. The largest absolute Gasteiger partial charge is 0.492 e. The Balaban J connectivity index is 1.62. The van der Waals surface area contributed by atoms with Gasteiger partial charge in [-0.1, -0.05) is 78.9 Å². The molecule has 0 atom stereocenters. The van der Waals surface area contributed by atoms with Gasteiger partial charge in [0, 0.05) is 0 Å². The van der Waals surface area contributed by atoms with Gasteiger partial charge in [0.15, 0.2) is 5.54 Å². The smallest absolute Gasteiger partial charge is 0.325 e. The monoisotopic (exact) mass is 372 g/mol. The molecule has 0 bridgehead atoms. The highest BCUT2D eigenvalue weighted by Gasteiger charge is 2.53. The Kier molecular flexibility index (Phi) is 4.81. The van der Waals surface area contributed by atoms with Crippen molar-refractivity contribution in [2.75, 3.05) is 13.2 Å². The van der Waals surface area contributed by atoms with Crippen LogP contribution in [-0.4, -0.2) is 30.0 Å². The molecular weight excluding hydrogens is 352 g/mol. The molecule has 0 unspecified atom stereocenters. The molecule has 0 radical (unpaired) electrons. The Morgan fingerprint density at radius 3 is 1.79 bits per heavy atom. The molecule has 140 valence electrons. The van der Waals surface area contributed by atoms with Gasteiger partial charge < -0.3 is 10.1 Å². The second-order valence-electron chi connectivity index (χ2n) is 6.53. The molecule has 3 amide bonds. The van der Waals surface area contributed by atoms with E-state index in [9.17, 15) is 9.59 Å². The number of amides is 3. The molecule has 0 spiro atoms. The van der Waals surface area contributed by atoms with Gasteiger partial charge >= 0.3 is 6.03 Å². The molecule has 1 heterocycles. The number of carbonyl (C=O) groups is 2. The number of imide groups is 1. The molecule has 1 fully saturated rings. The van der Waals surface area contributed by atoms with Crippen LogP contribution in [0.3, 0.4) is 0 Å². The molecule has 0 aliphatic carbocycles. The lowest BCUT2D eigenvalue weighted by Crippen LogP contribution is -2.45. The van der Waals surface area contributed by atoms with Crippen LogP contribution in [0.2, 0.25) is 0 Å². The van der Waals surface area contributed by atoms with Crippen LogP contribution in [0.1, 0.15) is 11.1 Å². The number of para-hydroxylation sites is 1. The van der Waals surface area contributed by atoms with Crippen LogP contribution in [0.5, 0.6) is 5.75 Å². The van der Waals surface area contributed by atoms with E-state index in [1.54, 1.807) is 0 Å². The number of carbonyl (C=O) groups excluding carboxylic acids is 2. The first-order valence-corrected chi connectivity index (χ1v) is 9.15. The van der Waals surface area contributed by atoms with E-state index in [-0.39, 0.29) is 19.1 Å². The molecule has 5 heteroatoms. The second kappa shape index (κ2) is 7.56. The van der Waals surface area contributed by atoms with E-state index in [1.165, 1.54) is 4.90 Å². The van der Waals surface area contributed by atoms with Gasteiger partial charge in [-0.2, -0.15) is 0 Å². The zero-order valence-corrected chi connectivity index (χ0v) is 15.2. The first-order chi connectivity index (χ1) is 13.7. The lowest BCUT2D eigenvalue weighted by Gasteiger charge is -2.28. The van der Waals surface area contributed by atoms with Crippen molar-refractivity contribution in [3.05, 3.63) is 102 Å². The van der Waals surface area contributed by atoms with Crippen LogP contribution in [0.15, 0.2) is 91.0 Å². The SMILES string of the molecule is O=C1NC(c2ccccc2)(c2ccccc2)C(=O)N1CCOc1ccccc1. The number of urea groups is 1. The van der Waals surface area contributed by atoms with Gasteiger partial charge in [0.05, 0.1) is 6.54 Å². The molecule has 5 nitrogen and oxygen atoms in total. The van der Waals surface area contributed by atoms with Crippen molar-refractivity contribution in [1.82, 2.24) is 10.2 Å². The van der Waals surface area contributed by atoms with Gasteiger partial charge in [0.25, 0.3) is 5.91 Å². The van der Waals surface area contributed by atoms with E-state index in [1.807, 2.05) is 91.0 Å². The Bertz CT molecular complexity index is 919. The zero-order valence-electron chi connectivity index (χ0n) is 15.2. The lowest BCUT2D eigenvalue weighted by atomic mass is 9.82. The van der Waals surface area contributed by atoms with Gasteiger partial charge in [0.2, 0.25) is 0 Å². The van der Waals surface area contributed by atoms with E-state index in [0.29, 0.717) is 5.75 Å². The molecule has 1 aliphatic heterocycles. The molecule has 0 saturated carbocycles. The number of rotatable bonds is 6. The van der Waals surface area contributed by atoms with E-state index in [2.05, 4.69) is 5.32 Å². The third-order valence-corrected chi connectivity index (χ3v) is 4.85. The third-order valence-electron chi connectivity index (χ3n) is 4.85. The Morgan fingerprint density at radius 1 is 0.750 bits per heavy atom. The number of hydrogen-bond acceptors (Lipinski definition) is 3. The van der Waals surface area contributed by atoms with Crippen molar-refractivity contribution < 1.29 is 14.3 Å². The quantitative estimate of drug-likeness (QED) is 0.673. The summed E-state index contributed by atoms with van der Waals surface area (Å²) in [6.45, 7) is 0.393. The van der Waals surface area contributed by atoms with Crippen molar-refractivity contribution in [2.24, 2.45) is 0 Å². The summed E-state index contributed by atoms with van der Waals surface area (Å²) in [4.78, 5) is 27.4. The fraction of sp³-hybridized carbons (Fsp3) is 0.130. The number of hydrogen-bond donors (Lipinski definition) is 1. The average molecular weight is 372 g/mol. The van der Waals surface area contributed by atoms with Crippen LogP contribution < -0.4 is 10.1 Å². The Labute approximate surface area is 163 Å². The first-order valence-electron chi connectivity index (χ1n) is 9.15.